The fourth-order valence-electron chi connectivity index (χ4n) is 5.82. The molecule has 2 bridgehead atoms. The molecular weight excluding hydrogens is 390 g/mol. The van der Waals surface area contributed by atoms with Gasteiger partial charge >= 0.3 is 5.97 Å². The van der Waals surface area contributed by atoms with Gasteiger partial charge in [0.25, 0.3) is 0 Å². The highest BCUT2D eigenvalue weighted by atomic mass is 16.5. The minimum Gasteiger partial charge on any atom is -0.457 e. The van der Waals surface area contributed by atoms with Crippen molar-refractivity contribution in [3.63, 3.8) is 0 Å². The molecule has 0 radical (unpaired) electrons. The van der Waals surface area contributed by atoms with E-state index in [0.29, 0.717) is 24.2 Å². The van der Waals surface area contributed by atoms with Gasteiger partial charge in [-0.15, -0.1) is 0 Å². The highest BCUT2D eigenvalue weighted by Gasteiger charge is 2.41. The number of aryl methyl sites for hydroxylation is 1. The van der Waals surface area contributed by atoms with Gasteiger partial charge in [-0.05, 0) is 77.7 Å². The number of aromatic nitrogens is 1. The minimum atomic E-state index is -0.309. The van der Waals surface area contributed by atoms with Crippen molar-refractivity contribution in [1.82, 2.24) is 4.57 Å². The van der Waals surface area contributed by atoms with E-state index in [1.807, 2.05) is 19.9 Å². The molecule has 1 aromatic rings. The molecule has 2 fully saturated rings. The Morgan fingerprint density at radius 3 is 2.52 bits per heavy atom. The Labute approximate surface area is 185 Å². The summed E-state index contributed by atoms with van der Waals surface area (Å²) in [4.78, 5) is 37.7. The smallest absolute Gasteiger partial charge is 0.309 e. The molecule has 1 unspecified atom stereocenters. The van der Waals surface area contributed by atoms with E-state index in [0.717, 1.165) is 43.6 Å². The maximum Gasteiger partial charge on any atom is 0.309 e. The standard InChI is InChI=1S/C26H35NO4/c1-17-13-23(18(2)27(17)12-11-19-7-4-3-5-8-19)24(28)16-31-26(30)22-14-20-9-6-10-21(15-22)25(20)29/h7,13,20-22H,3-6,8-12,14-16H2,1-2H3/t20-,21+,22?. The van der Waals surface area contributed by atoms with Crippen molar-refractivity contribution in [1.29, 1.82) is 0 Å². The average Bonchev–Trinajstić information content (AvgIpc) is 3.04. The molecule has 2 saturated carbocycles. The van der Waals surface area contributed by atoms with E-state index in [-0.39, 0.29) is 36.1 Å². The van der Waals surface area contributed by atoms with E-state index in [1.54, 1.807) is 0 Å². The Bertz CT molecular complexity index is 877. The van der Waals surface area contributed by atoms with Gasteiger partial charge in [-0.25, -0.2) is 0 Å². The third kappa shape index (κ3) is 4.86. The Kier molecular flexibility index (Phi) is 6.78. The molecule has 0 saturated heterocycles. The Balaban J connectivity index is 1.33. The lowest BCUT2D eigenvalue weighted by molar-refractivity contribution is -0.152. The van der Waals surface area contributed by atoms with Crippen molar-refractivity contribution >= 4 is 17.5 Å². The Hall–Kier alpha value is -2.17. The van der Waals surface area contributed by atoms with Crippen LogP contribution in [0.1, 0.15) is 86.0 Å². The number of carbonyl (C=O) groups excluding carboxylic acids is 3. The van der Waals surface area contributed by atoms with Crippen LogP contribution in [0.5, 0.6) is 0 Å². The molecule has 3 atom stereocenters. The van der Waals surface area contributed by atoms with Gasteiger partial charge in [0.05, 0.1) is 5.92 Å². The normalized spacial score (nSPS) is 25.8. The SMILES string of the molecule is Cc1cc(C(=O)COC(=O)C2C[C@H]3CCC[C@@H](C2)C3=O)c(C)n1CCC1=CCCCC1. The summed E-state index contributed by atoms with van der Waals surface area (Å²) in [5.41, 5.74) is 4.20. The number of ketones is 2. The van der Waals surface area contributed by atoms with Gasteiger partial charge < -0.3 is 9.30 Å². The predicted octanol–water partition coefficient (Wildman–Crippen LogP) is 5.12. The van der Waals surface area contributed by atoms with Crippen LogP contribution in [0.4, 0.5) is 0 Å². The second-order valence-corrected chi connectivity index (χ2v) is 9.72. The van der Waals surface area contributed by atoms with Crippen LogP contribution in [-0.2, 0) is 20.9 Å². The van der Waals surface area contributed by atoms with Gasteiger partial charge in [-0.2, -0.15) is 0 Å². The molecule has 0 spiro atoms. The topological polar surface area (TPSA) is 65.4 Å². The summed E-state index contributed by atoms with van der Waals surface area (Å²) in [6.45, 7) is 4.68. The van der Waals surface area contributed by atoms with E-state index in [4.69, 9.17) is 4.74 Å². The number of nitrogens with zero attached hydrogens (tertiary/aromatic N) is 1. The molecule has 1 heterocycles. The summed E-state index contributed by atoms with van der Waals surface area (Å²) in [6.07, 6.45) is 12.4. The zero-order chi connectivity index (χ0) is 22.0. The molecule has 5 nitrogen and oxygen atoms in total. The number of fused-ring (bicyclic) bond motifs is 2. The largest absolute Gasteiger partial charge is 0.457 e. The fourth-order valence-corrected chi connectivity index (χ4v) is 5.82. The van der Waals surface area contributed by atoms with Crippen LogP contribution in [0.15, 0.2) is 17.7 Å². The molecule has 168 valence electrons. The molecule has 5 heteroatoms. The molecule has 0 amide bonds. The Morgan fingerprint density at radius 1 is 1.10 bits per heavy atom. The highest BCUT2D eigenvalue weighted by Crippen LogP contribution is 2.40. The number of allylic oxidation sites excluding steroid dienone is 2. The summed E-state index contributed by atoms with van der Waals surface area (Å²) >= 11 is 0. The van der Waals surface area contributed by atoms with E-state index < -0.39 is 0 Å². The van der Waals surface area contributed by atoms with Crippen LogP contribution < -0.4 is 0 Å². The highest BCUT2D eigenvalue weighted by molar-refractivity contribution is 5.99. The number of carbonyl (C=O) groups is 3. The van der Waals surface area contributed by atoms with Crippen LogP contribution in [0.2, 0.25) is 0 Å². The first-order valence-electron chi connectivity index (χ1n) is 12.0. The summed E-state index contributed by atoms with van der Waals surface area (Å²) in [5.74, 6) is -0.329. The van der Waals surface area contributed by atoms with Gasteiger partial charge in [0.1, 0.15) is 5.78 Å². The lowest BCUT2D eigenvalue weighted by atomic mass is 9.67. The first-order valence-corrected chi connectivity index (χ1v) is 12.0. The van der Waals surface area contributed by atoms with Crippen molar-refractivity contribution in [2.75, 3.05) is 6.61 Å². The van der Waals surface area contributed by atoms with Crippen molar-refractivity contribution in [3.05, 3.63) is 34.7 Å². The summed E-state index contributed by atoms with van der Waals surface area (Å²) < 4.78 is 7.65. The monoisotopic (exact) mass is 425 g/mol. The van der Waals surface area contributed by atoms with Gasteiger partial charge in [-0.3, -0.25) is 14.4 Å². The minimum absolute atomic E-state index is 0.0129. The number of Topliss-reactive ketones (excluding diaryl/α,β-unsaturated/α-hetero) is 2. The number of rotatable bonds is 7. The maximum atomic E-state index is 12.8. The second kappa shape index (κ2) is 9.54. The molecular formula is C26H35NO4. The van der Waals surface area contributed by atoms with Gasteiger partial charge in [-0.1, -0.05) is 18.1 Å². The van der Waals surface area contributed by atoms with Crippen LogP contribution in [-0.4, -0.2) is 28.7 Å². The van der Waals surface area contributed by atoms with Crippen LogP contribution in [0.3, 0.4) is 0 Å². The van der Waals surface area contributed by atoms with Gasteiger partial charge in [0.2, 0.25) is 5.78 Å². The molecule has 0 N–H and O–H groups in total. The molecule has 3 aliphatic rings. The van der Waals surface area contributed by atoms with Gasteiger partial charge in [0, 0.05) is 35.3 Å². The predicted molar refractivity (Wildman–Crippen MR) is 119 cm³/mol. The van der Waals surface area contributed by atoms with Crippen molar-refractivity contribution in [3.8, 4) is 0 Å². The van der Waals surface area contributed by atoms with E-state index in [2.05, 4.69) is 10.6 Å². The van der Waals surface area contributed by atoms with Crippen LogP contribution >= 0.6 is 0 Å². The van der Waals surface area contributed by atoms with E-state index in [1.165, 1.54) is 31.3 Å². The van der Waals surface area contributed by atoms with Crippen molar-refractivity contribution in [2.45, 2.75) is 84.6 Å². The zero-order valence-corrected chi connectivity index (χ0v) is 19.0. The first kappa shape index (κ1) is 22.0. The lowest BCUT2D eigenvalue weighted by Crippen LogP contribution is -2.39. The van der Waals surface area contributed by atoms with Crippen molar-refractivity contribution in [2.24, 2.45) is 17.8 Å². The molecule has 4 rings (SSSR count). The lowest BCUT2D eigenvalue weighted by Gasteiger charge is -2.36. The quantitative estimate of drug-likeness (QED) is 0.346. The maximum absolute atomic E-state index is 12.8. The third-order valence-corrected chi connectivity index (χ3v) is 7.64. The fraction of sp³-hybridized carbons (Fsp3) is 0.654. The number of hydrogen-bond acceptors (Lipinski definition) is 4. The first-order chi connectivity index (χ1) is 14.9. The number of ether oxygens (including phenoxy) is 1. The summed E-state index contributed by atoms with van der Waals surface area (Å²) in [5, 5.41) is 0. The summed E-state index contributed by atoms with van der Waals surface area (Å²) in [6, 6.07) is 1.92. The van der Waals surface area contributed by atoms with Crippen molar-refractivity contribution < 1.29 is 19.1 Å². The Morgan fingerprint density at radius 2 is 1.84 bits per heavy atom. The van der Waals surface area contributed by atoms with E-state index >= 15 is 0 Å². The molecule has 0 aromatic carbocycles. The van der Waals surface area contributed by atoms with Crippen LogP contribution in [0.25, 0.3) is 0 Å². The summed E-state index contributed by atoms with van der Waals surface area (Å²) in [7, 11) is 0. The second-order valence-electron chi connectivity index (χ2n) is 9.72. The molecule has 0 aliphatic heterocycles. The zero-order valence-electron chi connectivity index (χ0n) is 19.0. The number of hydrogen-bond donors (Lipinski definition) is 0. The van der Waals surface area contributed by atoms with E-state index in [9.17, 15) is 14.4 Å². The molecule has 31 heavy (non-hydrogen) atoms. The number of esters is 1. The van der Waals surface area contributed by atoms with Crippen LogP contribution in [0, 0.1) is 31.6 Å². The van der Waals surface area contributed by atoms with Gasteiger partial charge in [0.15, 0.2) is 6.61 Å². The molecule has 3 aliphatic carbocycles. The average molecular weight is 426 g/mol. The molecule has 1 aromatic heterocycles. The third-order valence-electron chi connectivity index (χ3n) is 7.64.